The number of aliphatic hydroxyl groups is 2. The molecule has 0 aromatic carbocycles. The van der Waals surface area contributed by atoms with Gasteiger partial charge in [-0.3, -0.25) is 23.2 Å². The number of aromatic nitrogens is 2. The van der Waals surface area contributed by atoms with Gasteiger partial charge in [-0.2, -0.15) is 5.26 Å². The number of esters is 2. The zero-order valence-electron chi connectivity index (χ0n) is 25.3. The Hall–Kier alpha value is -2.88. The second-order valence-corrected chi connectivity index (χ2v) is 17.2. The first-order valence-electron chi connectivity index (χ1n) is 15.2. The predicted octanol–water partition coefficient (Wildman–Crippen LogP) is 2.51. The topological polar surface area (TPSA) is 226 Å². The molecule has 2 aromatic heterocycles. The van der Waals surface area contributed by atoms with Crippen LogP contribution in [0.15, 0.2) is 12.3 Å². The van der Waals surface area contributed by atoms with E-state index in [0.717, 1.165) is 0 Å². The van der Waals surface area contributed by atoms with Crippen LogP contribution in [0, 0.1) is 23.2 Å². The van der Waals surface area contributed by atoms with Crippen LogP contribution in [-0.4, -0.2) is 95.5 Å². The van der Waals surface area contributed by atoms with Crippen LogP contribution < -0.4 is 5.32 Å². The monoisotopic (exact) mass is 734 g/mol. The number of fused-ring (bicyclic) bond motifs is 1. The molecule has 0 amide bonds. The SMILES string of the molecule is N#Cc1c(Cl)nc2c(ccn2[C@@H]2O[C@H](CS(=O)(=O)CP(=O)(OCOC(=O)C3CC3)OCOC(=O)C3CC3)[C@@H](O)[C@H]2O)c1NC1CC(F)C1. The van der Waals surface area contributed by atoms with E-state index in [0.29, 0.717) is 36.8 Å². The number of sulfone groups is 1. The summed E-state index contributed by atoms with van der Waals surface area (Å²) in [4.78, 5) is 28.0. The molecule has 2 aromatic rings. The molecule has 3 aliphatic carbocycles. The van der Waals surface area contributed by atoms with Crippen molar-refractivity contribution in [1.82, 2.24) is 9.55 Å². The van der Waals surface area contributed by atoms with Crippen LogP contribution in [0.4, 0.5) is 10.1 Å². The maximum atomic E-state index is 13.5. The van der Waals surface area contributed by atoms with Crippen molar-refractivity contribution >= 4 is 57.7 Å². The number of nitrogens with one attached hydrogen (secondary N) is 1. The first-order chi connectivity index (χ1) is 22.8. The summed E-state index contributed by atoms with van der Waals surface area (Å²) in [5.74, 6) is -2.80. The lowest BCUT2D eigenvalue weighted by molar-refractivity contribution is -0.153. The second kappa shape index (κ2) is 13.8. The van der Waals surface area contributed by atoms with Crippen LogP contribution >= 0.6 is 19.2 Å². The third-order valence-corrected chi connectivity index (χ3v) is 13.4. The summed E-state index contributed by atoms with van der Waals surface area (Å²) in [6.07, 6.45) is -2.89. The molecule has 4 atom stereocenters. The molecule has 0 unspecified atom stereocenters. The normalized spacial score (nSPS) is 27.3. The van der Waals surface area contributed by atoms with Crippen molar-refractivity contribution in [3.8, 4) is 6.07 Å². The van der Waals surface area contributed by atoms with Crippen molar-refractivity contribution in [1.29, 1.82) is 5.26 Å². The fourth-order valence-electron chi connectivity index (χ4n) is 5.42. The minimum Gasteiger partial charge on any atom is -0.438 e. The van der Waals surface area contributed by atoms with Crippen LogP contribution in [0.5, 0.6) is 0 Å². The zero-order chi connectivity index (χ0) is 34.4. The smallest absolute Gasteiger partial charge is 0.351 e. The van der Waals surface area contributed by atoms with Gasteiger partial charge in [0.25, 0.3) is 0 Å². The molecular formula is C28H33ClFN4O12PS. The van der Waals surface area contributed by atoms with Crippen LogP contribution in [0.3, 0.4) is 0 Å². The van der Waals surface area contributed by atoms with Gasteiger partial charge in [0, 0.05) is 17.6 Å². The number of aliphatic hydroxyl groups excluding tert-OH is 2. The van der Waals surface area contributed by atoms with E-state index in [1.807, 2.05) is 6.07 Å². The average Bonchev–Trinajstić information content (AvgIpc) is 3.94. The standard InChI is InChI=1S/C28H33ClFN4O12PS/c29-24-19(9-31)21(32-17-7-16(30)8-17)18-5-6-34(25(18)33-24)26-23(36)22(35)20(46-26)10-48(40,41)13-47(39,44-11-42-27(37)14-1-2-14)45-12-43-28(38)15-3-4-15/h5-6,14-17,20,22-23,26,35-36H,1-4,7-8,10-13H2,(H,32,33)/t16?,17?,20-,22-,23-,26-/m1/s1. The number of nitriles is 1. The summed E-state index contributed by atoms with van der Waals surface area (Å²) in [7, 11) is -9.09. The van der Waals surface area contributed by atoms with Gasteiger partial charge in [-0.05, 0) is 44.6 Å². The number of hydrogen-bond acceptors (Lipinski definition) is 15. The Morgan fingerprint density at radius 1 is 1.12 bits per heavy atom. The lowest BCUT2D eigenvalue weighted by Crippen LogP contribution is -2.36. The van der Waals surface area contributed by atoms with E-state index in [1.54, 1.807) is 6.07 Å². The molecule has 4 aliphatic rings. The van der Waals surface area contributed by atoms with Crippen molar-refractivity contribution in [2.45, 2.75) is 75.3 Å². The van der Waals surface area contributed by atoms with Gasteiger partial charge < -0.3 is 34.3 Å². The molecule has 3 N–H and O–H groups in total. The summed E-state index contributed by atoms with van der Waals surface area (Å²) >= 11 is 6.31. The number of nitrogens with zero attached hydrogens (tertiary/aromatic N) is 3. The molecule has 16 nitrogen and oxygen atoms in total. The van der Waals surface area contributed by atoms with Crippen LogP contribution in [0.25, 0.3) is 11.0 Å². The Labute approximate surface area is 278 Å². The number of hydrogen-bond donors (Lipinski definition) is 3. The predicted molar refractivity (Wildman–Crippen MR) is 163 cm³/mol. The number of alkyl halides is 1. The van der Waals surface area contributed by atoms with Gasteiger partial charge in [-0.25, -0.2) is 17.8 Å². The molecule has 0 bridgehead atoms. The first-order valence-corrected chi connectivity index (χ1v) is 19.1. The molecule has 3 saturated carbocycles. The minimum absolute atomic E-state index is 0.0274. The van der Waals surface area contributed by atoms with Gasteiger partial charge in [0.1, 0.15) is 41.8 Å². The molecule has 3 heterocycles. The Balaban J connectivity index is 1.16. The summed E-state index contributed by atoms with van der Waals surface area (Å²) < 4.78 is 80.6. The Morgan fingerprint density at radius 3 is 2.27 bits per heavy atom. The maximum Gasteiger partial charge on any atom is 0.351 e. The highest BCUT2D eigenvalue weighted by Crippen LogP contribution is 2.50. The molecule has 1 aliphatic heterocycles. The first kappa shape index (κ1) is 35.0. The number of rotatable bonds is 15. The largest absolute Gasteiger partial charge is 0.438 e. The van der Waals surface area contributed by atoms with E-state index in [1.165, 1.54) is 10.8 Å². The highest BCUT2D eigenvalue weighted by molar-refractivity contribution is 7.97. The summed E-state index contributed by atoms with van der Waals surface area (Å²) in [6.45, 7) is -1.75. The van der Waals surface area contributed by atoms with Gasteiger partial charge >= 0.3 is 19.5 Å². The zero-order valence-corrected chi connectivity index (χ0v) is 27.7. The number of halogens is 2. The van der Waals surface area contributed by atoms with Gasteiger partial charge in [0.05, 0.1) is 23.3 Å². The van der Waals surface area contributed by atoms with Crippen LogP contribution in [0.1, 0.15) is 50.3 Å². The Kier molecular flexibility index (Phi) is 10.0. The third-order valence-electron chi connectivity index (χ3n) is 8.46. The molecule has 0 radical (unpaired) electrons. The van der Waals surface area contributed by atoms with Gasteiger partial charge in [0.15, 0.2) is 26.7 Å². The molecule has 262 valence electrons. The van der Waals surface area contributed by atoms with Crippen molar-refractivity contribution in [2.75, 3.05) is 30.1 Å². The molecule has 6 rings (SSSR count). The molecule has 1 saturated heterocycles. The second-order valence-electron chi connectivity index (χ2n) is 12.3. The minimum atomic E-state index is -4.62. The molecule has 0 spiro atoms. The van der Waals surface area contributed by atoms with Crippen molar-refractivity contribution in [2.24, 2.45) is 11.8 Å². The van der Waals surface area contributed by atoms with Crippen molar-refractivity contribution in [3.05, 3.63) is 23.0 Å². The van der Waals surface area contributed by atoms with Gasteiger partial charge in [-0.1, -0.05) is 11.6 Å². The molecule has 20 heteroatoms. The van der Waals surface area contributed by atoms with Crippen molar-refractivity contribution < 1.29 is 60.4 Å². The summed E-state index contributed by atoms with van der Waals surface area (Å²) in [6, 6.07) is 3.28. The number of carbonyl (C=O) groups excluding carboxylic acids is 2. The van der Waals surface area contributed by atoms with Crippen LogP contribution in [0.2, 0.25) is 5.15 Å². The number of ether oxygens (including phenoxy) is 3. The number of anilines is 1. The quantitative estimate of drug-likeness (QED) is 0.103. The molecular weight excluding hydrogens is 702 g/mol. The van der Waals surface area contributed by atoms with Crippen LogP contribution in [-0.2, 0) is 47.2 Å². The highest BCUT2D eigenvalue weighted by Gasteiger charge is 2.47. The highest BCUT2D eigenvalue weighted by atomic mass is 35.5. The molecule has 4 fully saturated rings. The van der Waals surface area contributed by atoms with E-state index in [4.69, 9.17) is 34.9 Å². The van der Waals surface area contributed by atoms with E-state index in [9.17, 15) is 42.4 Å². The maximum absolute atomic E-state index is 13.5. The Morgan fingerprint density at radius 2 is 1.73 bits per heavy atom. The number of pyridine rings is 1. The van der Waals surface area contributed by atoms with E-state index in [2.05, 4.69) is 10.3 Å². The van der Waals surface area contributed by atoms with Gasteiger partial charge in [0.2, 0.25) is 13.6 Å². The third kappa shape index (κ3) is 7.79. The summed E-state index contributed by atoms with van der Waals surface area (Å²) in [5.41, 5.74) is -0.798. The van der Waals surface area contributed by atoms with E-state index >= 15 is 0 Å². The fraction of sp³-hybridized carbons (Fsp3) is 0.643. The fourth-order valence-corrected chi connectivity index (χ4v) is 9.86. The van der Waals surface area contributed by atoms with Crippen molar-refractivity contribution in [3.63, 3.8) is 0 Å². The van der Waals surface area contributed by atoms with Gasteiger partial charge in [-0.15, -0.1) is 0 Å². The number of carbonyl (C=O) groups is 2. The molecule has 48 heavy (non-hydrogen) atoms. The Bertz CT molecular complexity index is 1740. The average molecular weight is 735 g/mol. The lowest BCUT2D eigenvalue weighted by Gasteiger charge is -2.31. The van der Waals surface area contributed by atoms with E-state index in [-0.39, 0.29) is 47.1 Å². The van der Waals surface area contributed by atoms with E-state index < -0.39 is 84.9 Å². The summed E-state index contributed by atoms with van der Waals surface area (Å²) in [5, 5.41) is 34.8. The lowest BCUT2D eigenvalue weighted by atomic mass is 9.90.